The van der Waals surface area contributed by atoms with Gasteiger partial charge in [0.25, 0.3) is 0 Å². The van der Waals surface area contributed by atoms with Gasteiger partial charge in [0, 0.05) is 43.5 Å². The predicted octanol–water partition coefficient (Wildman–Crippen LogP) is 4.51. The van der Waals surface area contributed by atoms with Gasteiger partial charge in [-0.25, -0.2) is 0 Å². The summed E-state index contributed by atoms with van der Waals surface area (Å²) in [6.45, 7) is 16.0. The molecule has 5 nitrogen and oxygen atoms in total. The number of amides is 1. The summed E-state index contributed by atoms with van der Waals surface area (Å²) in [6, 6.07) is 0. The van der Waals surface area contributed by atoms with Crippen LogP contribution in [0.4, 0.5) is 0 Å². The summed E-state index contributed by atoms with van der Waals surface area (Å²) in [7, 11) is -0.325. The maximum Gasteiger partial charge on any atom is 0.250 e. The Morgan fingerprint density at radius 3 is 2.48 bits per heavy atom. The van der Waals surface area contributed by atoms with Gasteiger partial charge < -0.3 is 18.9 Å². The first kappa shape index (κ1) is 22.3. The number of aldehydes is 1. The molecule has 0 spiro atoms. The number of β-lactam (4-membered cyclic amide) rings is 1. The van der Waals surface area contributed by atoms with Crippen molar-refractivity contribution in [3.05, 3.63) is 24.1 Å². The van der Waals surface area contributed by atoms with E-state index in [9.17, 15) is 9.59 Å². The van der Waals surface area contributed by atoms with Gasteiger partial charge in [0.1, 0.15) is 6.29 Å². The molecule has 0 N–H and O–H groups in total. The van der Waals surface area contributed by atoms with Crippen molar-refractivity contribution in [1.82, 2.24) is 4.90 Å². The molecule has 2 fully saturated rings. The van der Waals surface area contributed by atoms with Crippen LogP contribution in [0.3, 0.4) is 0 Å². The van der Waals surface area contributed by atoms with Gasteiger partial charge in [-0.2, -0.15) is 0 Å². The van der Waals surface area contributed by atoms with Gasteiger partial charge in [-0.1, -0.05) is 39.8 Å². The van der Waals surface area contributed by atoms with Crippen LogP contribution < -0.4 is 0 Å². The third-order valence-corrected chi connectivity index (χ3v) is 12.1. The molecule has 5 atom stereocenters. The Hall–Kier alpha value is -1.40. The van der Waals surface area contributed by atoms with Gasteiger partial charge in [-0.15, -0.1) is 0 Å². The Bertz CT molecular complexity index is 708. The summed E-state index contributed by atoms with van der Waals surface area (Å²) < 4.78 is 12.3. The number of likely N-dealkylation sites (tertiary alicyclic amines) is 1. The fourth-order valence-electron chi connectivity index (χ4n) is 4.87. The van der Waals surface area contributed by atoms with Crippen LogP contribution in [-0.2, 0) is 18.8 Å². The second-order valence-electron chi connectivity index (χ2n) is 10.3. The first-order chi connectivity index (χ1) is 13.5. The summed E-state index contributed by atoms with van der Waals surface area (Å²) in [5.41, 5.74) is 1.03. The standard InChI is InChI=1S/C23H37NO4Si/c1-15(28-29(6,7)23(2,3)4)17-13-19(24-12-11-21(24)26)22-16(18(17)14-25)9-8-10-20(22)27-5/h13-14,16-18,20,22H,1,8-12H2,2-7H3/t16-,17-,18-,20-,22+/m0/s1. The molecule has 0 aromatic rings. The zero-order chi connectivity index (χ0) is 21.6. The number of hydrogen-bond donors (Lipinski definition) is 0. The van der Waals surface area contributed by atoms with Gasteiger partial charge in [-0.05, 0) is 36.9 Å². The second kappa shape index (κ2) is 8.03. The Balaban J connectivity index is 1.99. The van der Waals surface area contributed by atoms with Crippen LogP contribution in [0.1, 0.15) is 46.5 Å². The number of carbonyl (C=O) groups excluding carboxylic acids is 2. The highest BCUT2D eigenvalue weighted by atomic mass is 28.4. The Labute approximate surface area is 176 Å². The van der Waals surface area contributed by atoms with Crippen LogP contribution in [0, 0.1) is 23.7 Å². The normalized spacial score (nSPS) is 32.8. The van der Waals surface area contributed by atoms with Crippen LogP contribution in [0.25, 0.3) is 0 Å². The van der Waals surface area contributed by atoms with Crippen LogP contribution in [-0.4, -0.2) is 45.2 Å². The first-order valence-corrected chi connectivity index (χ1v) is 13.8. The van der Waals surface area contributed by atoms with Crippen LogP contribution >= 0.6 is 0 Å². The number of fused-ring (bicyclic) bond motifs is 1. The molecule has 1 aliphatic heterocycles. The first-order valence-electron chi connectivity index (χ1n) is 10.9. The van der Waals surface area contributed by atoms with Crippen molar-refractivity contribution in [1.29, 1.82) is 0 Å². The van der Waals surface area contributed by atoms with Gasteiger partial charge in [0.2, 0.25) is 14.2 Å². The van der Waals surface area contributed by atoms with Crippen molar-refractivity contribution >= 4 is 20.5 Å². The number of allylic oxidation sites excluding steroid dienone is 1. The number of hydrogen-bond acceptors (Lipinski definition) is 4. The lowest BCUT2D eigenvalue weighted by Gasteiger charge is -2.51. The topological polar surface area (TPSA) is 55.8 Å². The molecule has 6 heteroatoms. The second-order valence-corrected chi connectivity index (χ2v) is 15.1. The largest absolute Gasteiger partial charge is 0.546 e. The van der Waals surface area contributed by atoms with Crippen LogP contribution in [0.2, 0.25) is 18.1 Å². The van der Waals surface area contributed by atoms with E-state index in [0.29, 0.717) is 12.2 Å². The number of rotatable bonds is 6. The van der Waals surface area contributed by atoms with E-state index < -0.39 is 8.32 Å². The van der Waals surface area contributed by atoms with E-state index in [0.717, 1.165) is 37.8 Å². The van der Waals surface area contributed by atoms with E-state index in [4.69, 9.17) is 9.16 Å². The zero-order valence-electron chi connectivity index (χ0n) is 18.9. The molecule has 2 aliphatic carbocycles. The number of carbonyl (C=O) groups is 2. The molecule has 0 aromatic heterocycles. The minimum atomic E-state index is -2.07. The van der Waals surface area contributed by atoms with Gasteiger partial charge in [0.05, 0.1) is 11.9 Å². The summed E-state index contributed by atoms with van der Waals surface area (Å²) in [6.07, 6.45) is 6.80. The zero-order valence-corrected chi connectivity index (χ0v) is 19.9. The maximum absolute atomic E-state index is 12.3. The third kappa shape index (κ3) is 3.98. The fraction of sp³-hybridized carbons (Fsp3) is 0.739. The van der Waals surface area contributed by atoms with Crippen molar-refractivity contribution in [2.24, 2.45) is 23.7 Å². The molecule has 1 saturated heterocycles. The highest BCUT2D eigenvalue weighted by molar-refractivity contribution is 6.74. The molecule has 162 valence electrons. The number of ether oxygens (including phenoxy) is 1. The molecule has 1 saturated carbocycles. The van der Waals surface area contributed by atoms with E-state index in [1.807, 2.05) is 4.90 Å². The maximum atomic E-state index is 12.3. The van der Waals surface area contributed by atoms with Crippen LogP contribution in [0.15, 0.2) is 24.1 Å². The SMILES string of the molecule is C=C(O[Si](C)(C)C(C)(C)C)[C@@H]1C=C(N2CCC2=O)[C@H]2[C@@H](CCC[C@@H]2OC)[C@@H]1C=O. The van der Waals surface area contributed by atoms with E-state index >= 15 is 0 Å². The minimum Gasteiger partial charge on any atom is -0.546 e. The molecule has 1 heterocycles. The van der Waals surface area contributed by atoms with Crippen molar-refractivity contribution in [3.63, 3.8) is 0 Å². The van der Waals surface area contributed by atoms with E-state index in [1.54, 1.807) is 7.11 Å². The van der Waals surface area contributed by atoms with E-state index in [1.165, 1.54) is 0 Å². The average Bonchev–Trinajstić information content (AvgIpc) is 2.64. The fourth-order valence-corrected chi connectivity index (χ4v) is 5.97. The summed E-state index contributed by atoms with van der Waals surface area (Å²) >= 11 is 0. The van der Waals surface area contributed by atoms with Crippen LogP contribution in [0.5, 0.6) is 0 Å². The van der Waals surface area contributed by atoms with Crippen molar-refractivity contribution < 1.29 is 18.8 Å². The monoisotopic (exact) mass is 419 g/mol. The molecule has 0 bridgehead atoms. The van der Waals surface area contributed by atoms with Gasteiger partial charge >= 0.3 is 0 Å². The highest BCUT2D eigenvalue weighted by Crippen LogP contribution is 2.50. The lowest BCUT2D eigenvalue weighted by Crippen LogP contribution is -2.53. The number of nitrogens with zero attached hydrogens (tertiary/aromatic N) is 1. The third-order valence-electron chi connectivity index (χ3n) is 7.67. The molecule has 3 aliphatic rings. The molecule has 0 unspecified atom stereocenters. The van der Waals surface area contributed by atoms with E-state index in [-0.39, 0.29) is 40.7 Å². The molecule has 0 aromatic carbocycles. The predicted molar refractivity (Wildman–Crippen MR) is 117 cm³/mol. The van der Waals surface area contributed by atoms with E-state index in [2.05, 4.69) is 46.5 Å². The van der Waals surface area contributed by atoms with Crippen molar-refractivity contribution in [2.45, 2.75) is 70.7 Å². The van der Waals surface area contributed by atoms with Crippen molar-refractivity contribution in [3.8, 4) is 0 Å². The molecular weight excluding hydrogens is 382 g/mol. The Kier molecular flexibility index (Phi) is 6.17. The summed E-state index contributed by atoms with van der Waals surface area (Å²) in [5.74, 6) is 0.707. The molecule has 29 heavy (non-hydrogen) atoms. The molecule has 0 radical (unpaired) electrons. The molecule has 3 rings (SSSR count). The highest BCUT2D eigenvalue weighted by Gasteiger charge is 2.50. The minimum absolute atomic E-state index is 0.0476. The average molecular weight is 420 g/mol. The number of methoxy groups -OCH3 is 1. The summed E-state index contributed by atoms with van der Waals surface area (Å²) in [5, 5.41) is 0.0514. The lowest BCUT2D eigenvalue weighted by molar-refractivity contribution is -0.139. The summed E-state index contributed by atoms with van der Waals surface area (Å²) in [4.78, 5) is 26.5. The Morgan fingerprint density at radius 2 is 2.00 bits per heavy atom. The molecule has 1 amide bonds. The van der Waals surface area contributed by atoms with Gasteiger partial charge in [0.15, 0.2) is 0 Å². The Morgan fingerprint density at radius 1 is 1.31 bits per heavy atom. The molecular formula is C23H37NO4Si. The smallest absolute Gasteiger partial charge is 0.250 e. The van der Waals surface area contributed by atoms with Crippen molar-refractivity contribution in [2.75, 3.05) is 13.7 Å². The lowest BCUT2D eigenvalue weighted by atomic mass is 9.62. The quantitative estimate of drug-likeness (QED) is 0.275. The van der Waals surface area contributed by atoms with Gasteiger partial charge in [-0.3, -0.25) is 4.79 Å².